The van der Waals surface area contributed by atoms with Crippen LogP contribution in [-0.4, -0.2) is 41.4 Å². The number of carbonyl (C=O) groups excluding carboxylic acids is 3. The van der Waals surface area contributed by atoms with Gasteiger partial charge in [0.1, 0.15) is 22.5 Å². The van der Waals surface area contributed by atoms with Crippen LogP contribution in [0.15, 0.2) is 54.6 Å². The molecule has 2 amide bonds. The highest BCUT2D eigenvalue weighted by Gasteiger charge is 2.68. The van der Waals surface area contributed by atoms with Crippen molar-refractivity contribution >= 4 is 35.3 Å². The van der Waals surface area contributed by atoms with E-state index in [1.54, 1.807) is 58.0 Å². The quantitative estimate of drug-likeness (QED) is 0.282. The second-order valence-electron chi connectivity index (χ2n) is 15.3. The number of rotatable bonds is 3. The number of hydrogen-bond donors (Lipinski definition) is 1. The van der Waals surface area contributed by atoms with Crippen molar-refractivity contribution in [3.8, 4) is 11.5 Å². The van der Waals surface area contributed by atoms with Crippen LogP contribution in [0.1, 0.15) is 103 Å². The number of anilines is 1. The Balaban J connectivity index is 1.96. The Morgan fingerprint density at radius 2 is 1.53 bits per heavy atom. The Morgan fingerprint density at radius 3 is 2.09 bits per heavy atom. The second kappa shape index (κ2) is 11.6. The number of hydrogen-bond acceptors (Lipinski definition) is 7. The zero-order valence-electron chi connectivity index (χ0n) is 28.8. The number of amides is 2. The SMILES string of the molecule is CCOC(=O)[C@H]1Oc2ccccc2[C@@H](c2cc(C(C)(C)C)c(O)c(C(C)(C)C)c2)[C@]12C(=O)N(C(=O)OC(C)(C)C)c1ccc(Cl)cc12. The summed E-state index contributed by atoms with van der Waals surface area (Å²) in [5.74, 6) is -1.79. The van der Waals surface area contributed by atoms with Gasteiger partial charge in [0.15, 0.2) is 0 Å². The highest BCUT2D eigenvalue weighted by atomic mass is 35.5. The molecule has 0 saturated carbocycles. The van der Waals surface area contributed by atoms with Crippen molar-refractivity contribution in [2.75, 3.05) is 11.5 Å². The number of fused-ring (bicyclic) bond motifs is 3. The van der Waals surface area contributed by atoms with Crippen molar-refractivity contribution in [2.24, 2.45) is 0 Å². The average molecular weight is 662 g/mol. The Morgan fingerprint density at radius 1 is 0.936 bits per heavy atom. The van der Waals surface area contributed by atoms with E-state index in [-0.39, 0.29) is 18.0 Å². The third-order valence-electron chi connectivity index (χ3n) is 8.70. The van der Waals surface area contributed by atoms with Crippen LogP contribution in [0.2, 0.25) is 5.02 Å². The van der Waals surface area contributed by atoms with Crippen molar-refractivity contribution in [1.29, 1.82) is 0 Å². The molecule has 5 rings (SSSR count). The van der Waals surface area contributed by atoms with Gasteiger partial charge in [0.05, 0.1) is 12.3 Å². The van der Waals surface area contributed by atoms with Crippen LogP contribution in [0.5, 0.6) is 11.5 Å². The van der Waals surface area contributed by atoms with Crippen LogP contribution in [0.25, 0.3) is 0 Å². The molecule has 1 N–H and O–H groups in total. The topological polar surface area (TPSA) is 102 Å². The molecule has 0 aliphatic carbocycles. The van der Waals surface area contributed by atoms with E-state index in [1.807, 2.05) is 65.8 Å². The molecule has 0 radical (unpaired) electrons. The van der Waals surface area contributed by atoms with Gasteiger partial charge in [-0.15, -0.1) is 0 Å². The summed E-state index contributed by atoms with van der Waals surface area (Å²) in [6.45, 7) is 18.9. The number of nitrogens with zero attached hydrogens (tertiary/aromatic N) is 1. The first kappa shape index (κ1) is 34.3. The zero-order chi connectivity index (χ0) is 34.9. The molecule has 0 aromatic heterocycles. The van der Waals surface area contributed by atoms with E-state index in [1.165, 1.54) is 0 Å². The van der Waals surface area contributed by atoms with Crippen LogP contribution in [0.3, 0.4) is 0 Å². The minimum atomic E-state index is -1.86. The van der Waals surface area contributed by atoms with E-state index < -0.39 is 51.8 Å². The first-order valence-electron chi connectivity index (χ1n) is 15.9. The number of benzene rings is 3. The minimum Gasteiger partial charge on any atom is -0.507 e. The fourth-order valence-corrected chi connectivity index (χ4v) is 6.94. The molecule has 3 atom stereocenters. The first-order chi connectivity index (χ1) is 21.7. The van der Waals surface area contributed by atoms with Gasteiger partial charge >= 0.3 is 12.1 Å². The first-order valence-corrected chi connectivity index (χ1v) is 16.3. The van der Waals surface area contributed by atoms with Gasteiger partial charge in [-0.25, -0.2) is 14.5 Å². The largest absolute Gasteiger partial charge is 0.507 e. The molecule has 8 nitrogen and oxygen atoms in total. The molecular weight excluding hydrogens is 618 g/mol. The molecular formula is C38H44ClNO7. The standard InChI is InChI=1S/C38H44ClNO7/c1-11-45-32(42)31-38(24-20-22(39)16-17-27(24)40(33(38)43)34(44)47-37(8,9)10)29(23-14-12-13-15-28(23)46-31)21-18-25(35(2,3)4)30(41)26(19-21)36(5,6)7/h12-20,29,31,41H,11H2,1-10H3/t29-,31-,38+/m1/s1. The van der Waals surface area contributed by atoms with Crippen molar-refractivity contribution < 1.29 is 33.7 Å². The van der Waals surface area contributed by atoms with Crippen LogP contribution in [0.4, 0.5) is 10.5 Å². The van der Waals surface area contributed by atoms with Gasteiger partial charge in [-0.2, -0.15) is 0 Å². The second-order valence-corrected chi connectivity index (χ2v) is 15.8. The van der Waals surface area contributed by atoms with Gasteiger partial charge in [-0.3, -0.25) is 4.79 Å². The maximum atomic E-state index is 15.4. The number of carbonyl (C=O) groups is 3. The van der Waals surface area contributed by atoms with E-state index in [4.69, 9.17) is 25.8 Å². The Hall–Kier alpha value is -4.04. The van der Waals surface area contributed by atoms with E-state index in [9.17, 15) is 14.7 Å². The molecule has 0 unspecified atom stereocenters. The molecule has 1 spiro atoms. The summed E-state index contributed by atoms with van der Waals surface area (Å²) in [6, 6.07) is 15.8. The van der Waals surface area contributed by atoms with Gasteiger partial charge in [0.25, 0.3) is 5.91 Å². The predicted octanol–water partition coefficient (Wildman–Crippen LogP) is 8.32. The Labute approximate surface area is 282 Å². The number of phenolic OH excluding ortho intramolecular Hbond substituents is 1. The van der Waals surface area contributed by atoms with Gasteiger partial charge < -0.3 is 19.3 Å². The number of para-hydroxylation sites is 1. The lowest BCUT2D eigenvalue weighted by Gasteiger charge is -2.46. The van der Waals surface area contributed by atoms with Gasteiger partial charge in [0.2, 0.25) is 6.10 Å². The van der Waals surface area contributed by atoms with Crippen molar-refractivity contribution in [2.45, 2.75) is 103 Å². The molecule has 0 saturated heterocycles. The zero-order valence-corrected chi connectivity index (χ0v) is 29.5. The van der Waals surface area contributed by atoms with Crippen LogP contribution < -0.4 is 9.64 Å². The highest BCUT2D eigenvalue weighted by molar-refractivity contribution is 6.31. The van der Waals surface area contributed by atoms with Crippen LogP contribution >= 0.6 is 11.6 Å². The average Bonchev–Trinajstić information content (AvgIpc) is 3.18. The number of phenols is 1. The van der Waals surface area contributed by atoms with Crippen LogP contribution in [-0.2, 0) is 35.3 Å². The van der Waals surface area contributed by atoms with Crippen molar-refractivity contribution in [3.05, 3.63) is 87.4 Å². The molecule has 2 heterocycles. The van der Waals surface area contributed by atoms with Gasteiger partial charge in [-0.05, 0) is 85.0 Å². The highest BCUT2D eigenvalue weighted by Crippen LogP contribution is 2.60. The third kappa shape index (κ3) is 5.75. The summed E-state index contributed by atoms with van der Waals surface area (Å²) in [7, 11) is 0. The smallest absolute Gasteiger partial charge is 0.421 e. The van der Waals surface area contributed by atoms with Gasteiger partial charge in [-0.1, -0.05) is 83.5 Å². The Bertz CT molecular complexity index is 1730. The molecule has 0 fully saturated rings. The van der Waals surface area contributed by atoms with Crippen molar-refractivity contribution in [1.82, 2.24) is 0 Å². The van der Waals surface area contributed by atoms with Gasteiger partial charge in [0, 0.05) is 16.5 Å². The number of imide groups is 1. The summed E-state index contributed by atoms with van der Waals surface area (Å²) in [4.78, 5) is 44.4. The molecule has 2 aliphatic rings. The molecule has 3 aromatic carbocycles. The summed E-state index contributed by atoms with van der Waals surface area (Å²) >= 11 is 6.64. The monoisotopic (exact) mass is 661 g/mol. The summed E-state index contributed by atoms with van der Waals surface area (Å²) < 4.78 is 17.8. The fraction of sp³-hybridized carbons (Fsp3) is 0.447. The lowest BCUT2D eigenvalue weighted by molar-refractivity contribution is -0.159. The molecule has 47 heavy (non-hydrogen) atoms. The van der Waals surface area contributed by atoms with E-state index in [2.05, 4.69) is 0 Å². The maximum absolute atomic E-state index is 15.4. The molecule has 3 aromatic rings. The molecule has 2 aliphatic heterocycles. The summed E-state index contributed by atoms with van der Waals surface area (Å²) in [5, 5.41) is 12.0. The minimum absolute atomic E-state index is 0.0367. The number of esters is 1. The maximum Gasteiger partial charge on any atom is 0.421 e. The number of aromatic hydroxyl groups is 1. The normalized spacial score (nSPS) is 20.8. The molecule has 250 valence electrons. The van der Waals surface area contributed by atoms with E-state index >= 15 is 4.79 Å². The van der Waals surface area contributed by atoms with E-state index in [0.717, 1.165) is 4.90 Å². The summed E-state index contributed by atoms with van der Waals surface area (Å²) in [5.41, 5.74) is -0.571. The Kier molecular flexibility index (Phi) is 8.45. The number of ether oxygens (including phenoxy) is 3. The molecule has 9 heteroatoms. The van der Waals surface area contributed by atoms with E-state index in [0.29, 0.717) is 38.6 Å². The fourth-order valence-electron chi connectivity index (χ4n) is 6.77. The lowest BCUT2D eigenvalue weighted by Crippen LogP contribution is -2.61. The summed E-state index contributed by atoms with van der Waals surface area (Å²) in [6.07, 6.45) is -2.40. The molecule has 0 bridgehead atoms. The van der Waals surface area contributed by atoms with Crippen LogP contribution in [0, 0.1) is 0 Å². The predicted molar refractivity (Wildman–Crippen MR) is 182 cm³/mol. The lowest BCUT2D eigenvalue weighted by atomic mass is 9.60. The number of halogens is 1. The van der Waals surface area contributed by atoms with Crippen molar-refractivity contribution in [3.63, 3.8) is 0 Å². The third-order valence-corrected chi connectivity index (χ3v) is 8.94.